The van der Waals surface area contributed by atoms with Crippen molar-refractivity contribution in [1.82, 2.24) is 5.32 Å². The molecule has 0 saturated heterocycles. The van der Waals surface area contributed by atoms with Gasteiger partial charge in [0.1, 0.15) is 0 Å². The summed E-state index contributed by atoms with van der Waals surface area (Å²) in [5.74, 6) is -0.243. The van der Waals surface area contributed by atoms with E-state index in [9.17, 15) is 13.2 Å². The van der Waals surface area contributed by atoms with Crippen LogP contribution in [-0.4, -0.2) is 20.6 Å². The van der Waals surface area contributed by atoms with Gasteiger partial charge in [-0.25, -0.2) is 8.42 Å². The molecule has 0 aliphatic heterocycles. The maximum Gasteiger partial charge on any atom is 0.251 e. The van der Waals surface area contributed by atoms with Crippen LogP contribution in [0.5, 0.6) is 0 Å². The quantitative estimate of drug-likeness (QED) is 0.946. The van der Waals surface area contributed by atoms with Gasteiger partial charge in [0, 0.05) is 11.8 Å². The molecule has 1 N–H and O–H groups in total. The van der Waals surface area contributed by atoms with Crippen molar-refractivity contribution in [3.8, 4) is 0 Å². The van der Waals surface area contributed by atoms with Gasteiger partial charge in [-0.15, -0.1) is 0 Å². The molecule has 1 unspecified atom stereocenters. The second-order valence-corrected chi connectivity index (χ2v) is 7.58. The van der Waals surface area contributed by atoms with Gasteiger partial charge >= 0.3 is 0 Å². The predicted octanol–water partition coefficient (Wildman–Crippen LogP) is 2.51. The highest BCUT2D eigenvalue weighted by Crippen LogP contribution is 2.30. The molecule has 5 heteroatoms. The molecule has 1 aliphatic rings. The molecule has 0 saturated carbocycles. The van der Waals surface area contributed by atoms with Crippen LogP contribution in [0, 0.1) is 0 Å². The summed E-state index contributed by atoms with van der Waals surface area (Å²) >= 11 is 0. The number of hydrogen-bond donors (Lipinski definition) is 1. The van der Waals surface area contributed by atoms with E-state index in [-0.39, 0.29) is 16.8 Å². The smallest absolute Gasteiger partial charge is 0.251 e. The summed E-state index contributed by atoms with van der Waals surface area (Å²) in [4.78, 5) is 12.5. The molecule has 0 heterocycles. The Hall–Kier alpha value is -2.14. The van der Waals surface area contributed by atoms with Crippen LogP contribution in [0.3, 0.4) is 0 Å². The molecular formula is C17H17NO3S. The maximum absolute atomic E-state index is 12.4. The van der Waals surface area contributed by atoms with Gasteiger partial charge < -0.3 is 5.32 Å². The fraction of sp³-hybridized carbons (Fsp3) is 0.235. The lowest BCUT2D eigenvalue weighted by Crippen LogP contribution is -2.27. The standard InChI is InChI=1S/C17H17NO3S/c1-22(20,21)14-7-4-6-13(11-14)17(19)18-16-10-9-12-5-2-3-8-15(12)16/h2-8,11,16H,9-10H2,1H3,(H,18,19). The van der Waals surface area contributed by atoms with Crippen LogP contribution in [0.25, 0.3) is 0 Å². The topological polar surface area (TPSA) is 63.2 Å². The zero-order chi connectivity index (χ0) is 15.7. The first-order valence-corrected chi connectivity index (χ1v) is 9.03. The molecule has 0 fully saturated rings. The van der Waals surface area contributed by atoms with E-state index in [1.165, 1.54) is 17.7 Å². The summed E-state index contributed by atoms with van der Waals surface area (Å²) in [7, 11) is -3.31. The van der Waals surface area contributed by atoms with Crippen molar-refractivity contribution in [2.24, 2.45) is 0 Å². The first-order valence-electron chi connectivity index (χ1n) is 7.14. The van der Waals surface area contributed by atoms with E-state index in [0.29, 0.717) is 5.56 Å². The first kappa shape index (κ1) is 14.8. The molecule has 0 aromatic heterocycles. The number of hydrogen-bond acceptors (Lipinski definition) is 3. The van der Waals surface area contributed by atoms with Crippen molar-refractivity contribution in [1.29, 1.82) is 0 Å². The molecule has 1 aliphatic carbocycles. The summed E-state index contributed by atoms with van der Waals surface area (Å²) in [6.45, 7) is 0. The number of nitrogens with one attached hydrogen (secondary N) is 1. The van der Waals surface area contributed by atoms with Crippen LogP contribution in [0.1, 0.15) is 33.9 Å². The van der Waals surface area contributed by atoms with Crippen molar-refractivity contribution in [2.75, 3.05) is 6.26 Å². The maximum atomic E-state index is 12.4. The Morgan fingerprint density at radius 3 is 2.68 bits per heavy atom. The van der Waals surface area contributed by atoms with E-state index < -0.39 is 9.84 Å². The molecule has 3 rings (SSSR count). The van der Waals surface area contributed by atoms with Gasteiger partial charge in [-0.3, -0.25) is 4.79 Å². The monoisotopic (exact) mass is 315 g/mol. The average Bonchev–Trinajstić information content (AvgIpc) is 2.90. The van der Waals surface area contributed by atoms with Crippen LogP contribution < -0.4 is 5.32 Å². The SMILES string of the molecule is CS(=O)(=O)c1cccc(C(=O)NC2CCc3ccccc32)c1. The Balaban J connectivity index is 1.82. The summed E-state index contributed by atoms with van der Waals surface area (Å²) < 4.78 is 23.2. The predicted molar refractivity (Wildman–Crippen MR) is 84.5 cm³/mol. The highest BCUT2D eigenvalue weighted by molar-refractivity contribution is 7.90. The number of rotatable bonds is 3. The summed E-state index contributed by atoms with van der Waals surface area (Å²) in [6, 6.07) is 14.2. The fourth-order valence-corrected chi connectivity index (χ4v) is 3.48. The number of carbonyl (C=O) groups is 1. The van der Waals surface area contributed by atoms with E-state index in [1.807, 2.05) is 18.2 Å². The molecule has 0 spiro atoms. The van der Waals surface area contributed by atoms with Gasteiger partial charge in [-0.05, 0) is 42.2 Å². The van der Waals surface area contributed by atoms with E-state index >= 15 is 0 Å². The number of carbonyl (C=O) groups excluding carboxylic acids is 1. The highest BCUT2D eigenvalue weighted by Gasteiger charge is 2.24. The molecule has 2 aromatic rings. The Labute approximate surface area is 130 Å². The number of fused-ring (bicyclic) bond motifs is 1. The number of sulfone groups is 1. The van der Waals surface area contributed by atoms with Gasteiger partial charge in [0.2, 0.25) is 0 Å². The minimum Gasteiger partial charge on any atom is -0.345 e. The minimum atomic E-state index is -3.31. The summed E-state index contributed by atoms with van der Waals surface area (Å²) in [5.41, 5.74) is 2.78. The number of amides is 1. The minimum absolute atomic E-state index is 0.00871. The van der Waals surface area contributed by atoms with Crippen molar-refractivity contribution >= 4 is 15.7 Å². The summed E-state index contributed by atoms with van der Waals surface area (Å²) in [6.07, 6.45) is 2.96. The van der Waals surface area contributed by atoms with Crippen LogP contribution in [0.2, 0.25) is 0 Å². The van der Waals surface area contributed by atoms with E-state index in [4.69, 9.17) is 0 Å². The summed E-state index contributed by atoms with van der Waals surface area (Å²) in [5, 5.41) is 3.00. The van der Waals surface area contributed by atoms with Crippen molar-refractivity contribution in [3.05, 3.63) is 65.2 Å². The molecule has 1 atom stereocenters. The Bertz CT molecular complexity index is 827. The largest absolute Gasteiger partial charge is 0.345 e. The van der Waals surface area contributed by atoms with E-state index in [0.717, 1.165) is 24.7 Å². The van der Waals surface area contributed by atoms with Crippen molar-refractivity contribution < 1.29 is 13.2 Å². The second-order valence-electron chi connectivity index (χ2n) is 5.56. The highest BCUT2D eigenvalue weighted by atomic mass is 32.2. The molecule has 22 heavy (non-hydrogen) atoms. The average molecular weight is 315 g/mol. The number of aryl methyl sites for hydroxylation is 1. The number of benzene rings is 2. The van der Waals surface area contributed by atoms with Crippen LogP contribution >= 0.6 is 0 Å². The second kappa shape index (κ2) is 5.57. The van der Waals surface area contributed by atoms with Crippen molar-refractivity contribution in [3.63, 3.8) is 0 Å². The lowest BCUT2D eigenvalue weighted by Gasteiger charge is -2.14. The zero-order valence-electron chi connectivity index (χ0n) is 12.2. The third-order valence-electron chi connectivity index (χ3n) is 3.96. The molecular weight excluding hydrogens is 298 g/mol. The van der Waals surface area contributed by atoms with Crippen LogP contribution in [-0.2, 0) is 16.3 Å². The molecule has 114 valence electrons. The Morgan fingerprint density at radius 1 is 1.14 bits per heavy atom. The normalized spacial score (nSPS) is 17.0. The van der Waals surface area contributed by atoms with Gasteiger partial charge in [-0.2, -0.15) is 0 Å². The third-order valence-corrected chi connectivity index (χ3v) is 5.07. The van der Waals surface area contributed by atoms with Gasteiger partial charge in [0.15, 0.2) is 9.84 Å². The van der Waals surface area contributed by atoms with E-state index in [2.05, 4.69) is 11.4 Å². The van der Waals surface area contributed by atoms with E-state index in [1.54, 1.807) is 12.1 Å². The van der Waals surface area contributed by atoms with Crippen molar-refractivity contribution in [2.45, 2.75) is 23.8 Å². The van der Waals surface area contributed by atoms with Crippen LogP contribution in [0.4, 0.5) is 0 Å². The first-order chi connectivity index (χ1) is 10.4. The lowest BCUT2D eigenvalue weighted by atomic mass is 10.1. The fourth-order valence-electron chi connectivity index (χ4n) is 2.82. The van der Waals surface area contributed by atoms with Gasteiger partial charge in [0.05, 0.1) is 10.9 Å². The van der Waals surface area contributed by atoms with Gasteiger partial charge in [0.25, 0.3) is 5.91 Å². The molecule has 0 radical (unpaired) electrons. The Kier molecular flexibility index (Phi) is 3.74. The third kappa shape index (κ3) is 2.90. The molecule has 2 aromatic carbocycles. The molecule has 1 amide bonds. The lowest BCUT2D eigenvalue weighted by molar-refractivity contribution is 0.0936. The molecule has 4 nitrogen and oxygen atoms in total. The molecule has 0 bridgehead atoms. The van der Waals surface area contributed by atoms with Crippen LogP contribution in [0.15, 0.2) is 53.4 Å². The zero-order valence-corrected chi connectivity index (χ0v) is 13.1. The Morgan fingerprint density at radius 2 is 1.91 bits per heavy atom. The van der Waals surface area contributed by atoms with Gasteiger partial charge in [-0.1, -0.05) is 30.3 Å².